The average Bonchev–Trinajstić information content (AvgIpc) is 2.71. The quantitative estimate of drug-likeness (QED) is 0.811. The number of hydrogen-bond acceptors (Lipinski definition) is 4. The standard InChI is InChI=1S/C22H30N4O/c1-4-25(5-2)19-10-11-20(17(3)15-19)24-21-12-9-18(16-23-21)22(27)26-13-7-6-8-14-26/h9-12,15-16H,4-8,13-14H2,1-3H3,(H,23,24). The first-order chi connectivity index (χ1) is 13.1. The van der Waals surface area contributed by atoms with Crippen LogP contribution in [0.5, 0.6) is 0 Å². The Morgan fingerprint density at radius 3 is 2.44 bits per heavy atom. The molecule has 1 aromatic heterocycles. The van der Waals surface area contributed by atoms with Gasteiger partial charge in [-0.2, -0.15) is 0 Å². The third-order valence-electron chi connectivity index (χ3n) is 5.26. The molecule has 1 aliphatic rings. The molecule has 144 valence electrons. The van der Waals surface area contributed by atoms with E-state index in [9.17, 15) is 4.79 Å². The van der Waals surface area contributed by atoms with Gasteiger partial charge >= 0.3 is 0 Å². The van der Waals surface area contributed by atoms with E-state index in [2.05, 4.69) is 54.2 Å². The van der Waals surface area contributed by atoms with Crippen molar-refractivity contribution in [1.29, 1.82) is 0 Å². The number of carbonyl (C=O) groups is 1. The molecule has 0 aliphatic carbocycles. The van der Waals surface area contributed by atoms with Gasteiger partial charge < -0.3 is 15.1 Å². The molecule has 3 rings (SSSR count). The Balaban J connectivity index is 1.68. The summed E-state index contributed by atoms with van der Waals surface area (Å²) < 4.78 is 0. The summed E-state index contributed by atoms with van der Waals surface area (Å²) in [4.78, 5) is 21.3. The van der Waals surface area contributed by atoms with Gasteiger partial charge in [0, 0.05) is 43.8 Å². The normalized spacial score (nSPS) is 14.1. The number of likely N-dealkylation sites (tertiary alicyclic amines) is 1. The number of amides is 1. The van der Waals surface area contributed by atoms with E-state index in [1.165, 1.54) is 17.7 Å². The first kappa shape index (κ1) is 19.2. The molecule has 1 amide bonds. The average molecular weight is 367 g/mol. The first-order valence-corrected chi connectivity index (χ1v) is 10.00. The van der Waals surface area contributed by atoms with Crippen LogP contribution in [0.2, 0.25) is 0 Å². The van der Waals surface area contributed by atoms with Crippen molar-refractivity contribution in [3.8, 4) is 0 Å². The number of aryl methyl sites for hydroxylation is 1. The fraction of sp³-hybridized carbons (Fsp3) is 0.455. The zero-order valence-electron chi connectivity index (χ0n) is 16.7. The van der Waals surface area contributed by atoms with Crippen LogP contribution in [0.1, 0.15) is 49.0 Å². The zero-order chi connectivity index (χ0) is 19.2. The Labute approximate surface area is 162 Å². The fourth-order valence-corrected chi connectivity index (χ4v) is 3.59. The van der Waals surface area contributed by atoms with Crippen LogP contribution in [0.25, 0.3) is 0 Å². The van der Waals surface area contributed by atoms with E-state index in [0.29, 0.717) is 5.56 Å². The van der Waals surface area contributed by atoms with E-state index < -0.39 is 0 Å². The second-order valence-electron chi connectivity index (χ2n) is 7.08. The Kier molecular flexibility index (Phi) is 6.32. The summed E-state index contributed by atoms with van der Waals surface area (Å²) in [7, 11) is 0. The van der Waals surface area contributed by atoms with E-state index >= 15 is 0 Å². The lowest BCUT2D eigenvalue weighted by atomic mass is 10.1. The largest absolute Gasteiger partial charge is 0.372 e. The Morgan fingerprint density at radius 2 is 1.85 bits per heavy atom. The van der Waals surface area contributed by atoms with Crippen molar-refractivity contribution < 1.29 is 4.79 Å². The van der Waals surface area contributed by atoms with Crippen molar-refractivity contribution in [1.82, 2.24) is 9.88 Å². The summed E-state index contributed by atoms with van der Waals surface area (Å²) in [6.07, 6.45) is 5.10. The molecule has 1 N–H and O–H groups in total. The highest BCUT2D eigenvalue weighted by atomic mass is 16.2. The molecule has 5 heteroatoms. The van der Waals surface area contributed by atoms with Gasteiger partial charge in [0.2, 0.25) is 0 Å². The molecule has 0 radical (unpaired) electrons. The van der Waals surface area contributed by atoms with Crippen molar-refractivity contribution in [2.45, 2.75) is 40.0 Å². The maximum atomic E-state index is 12.5. The second-order valence-corrected chi connectivity index (χ2v) is 7.08. The second kappa shape index (κ2) is 8.89. The minimum absolute atomic E-state index is 0.0912. The summed E-state index contributed by atoms with van der Waals surface area (Å²) >= 11 is 0. The highest BCUT2D eigenvalue weighted by Gasteiger charge is 2.18. The van der Waals surface area contributed by atoms with Gasteiger partial charge in [0.25, 0.3) is 5.91 Å². The van der Waals surface area contributed by atoms with Crippen molar-refractivity contribution in [3.63, 3.8) is 0 Å². The van der Waals surface area contributed by atoms with Crippen LogP contribution in [0.15, 0.2) is 36.5 Å². The minimum Gasteiger partial charge on any atom is -0.372 e. The highest BCUT2D eigenvalue weighted by Crippen LogP contribution is 2.25. The first-order valence-electron chi connectivity index (χ1n) is 10.00. The lowest BCUT2D eigenvalue weighted by molar-refractivity contribution is 0.0724. The van der Waals surface area contributed by atoms with Crippen LogP contribution in [0.4, 0.5) is 17.2 Å². The van der Waals surface area contributed by atoms with Gasteiger partial charge in [-0.3, -0.25) is 4.79 Å². The Morgan fingerprint density at radius 1 is 1.11 bits per heavy atom. The highest BCUT2D eigenvalue weighted by molar-refractivity contribution is 5.94. The molecule has 1 saturated heterocycles. The number of carbonyl (C=O) groups excluding carboxylic acids is 1. The summed E-state index contributed by atoms with van der Waals surface area (Å²) in [6.45, 7) is 10.1. The number of piperidine rings is 1. The van der Waals surface area contributed by atoms with Gasteiger partial charge in [-0.15, -0.1) is 0 Å². The molecular formula is C22H30N4O. The van der Waals surface area contributed by atoms with Gasteiger partial charge in [0.05, 0.1) is 5.56 Å². The van der Waals surface area contributed by atoms with Crippen LogP contribution in [-0.4, -0.2) is 42.0 Å². The van der Waals surface area contributed by atoms with Crippen molar-refractivity contribution in [2.75, 3.05) is 36.4 Å². The molecule has 1 aromatic carbocycles. The number of benzene rings is 1. The minimum atomic E-state index is 0.0912. The van der Waals surface area contributed by atoms with Crippen LogP contribution in [-0.2, 0) is 0 Å². The predicted octanol–water partition coefficient (Wildman–Crippen LogP) is 4.61. The van der Waals surface area contributed by atoms with E-state index in [-0.39, 0.29) is 5.91 Å². The van der Waals surface area contributed by atoms with Crippen molar-refractivity contribution in [2.24, 2.45) is 0 Å². The molecule has 0 spiro atoms. The summed E-state index contributed by atoms with van der Waals surface area (Å²) in [5, 5.41) is 3.37. The number of aromatic nitrogens is 1. The Bertz CT molecular complexity index is 762. The molecule has 2 heterocycles. The topological polar surface area (TPSA) is 48.5 Å². The van der Waals surface area contributed by atoms with Crippen molar-refractivity contribution in [3.05, 3.63) is 47.7 Å². The Hall–Kier alpha value is -2.56. The summed E-state index contributed by atoms with van der Waals surface area (Å²) in [5.41, 5.74) is 4.11. The summed E-state index contributed by atoms with van der Waals surface area (Å²) in [6, 6.07) is 10.2. The molecule has 0 unspecified atom stereocenters. The molecule has 0 bridgehead atoms. The third kappa shape index (κ3) is 4.59. The molecule has 5 nitrogen and oxygen atoms in total. The van der Waals surface area contributed by atoms with E-state index in [4.69, 9.17) is 0 Å². The molecular weight excluding hydrogens is 336 g/mol. The maximum absolute atomic E-state index is 12.5. The number of anilines is 3. The monoisotopic (exact) mass is 366 g/mol. The maximum Gasteiger partial charge on any atom is 0.255 e. The molecule has 0 atom stereocenters. The zero-order valence-corrected chi connectivity index (χ0v) is 16.7. The lowest BCUT2D eigenvalue weighted by Gasteiger charge is -2.26. The lowest BCUT2D eigenvalue weighted by Crippen LogP contribution is -2.35. The van der Waals surface area contributed by atoms with Crippen LogP contribution < -0.4 is 10.2 Å². The number of nitrogens with zero attached hydrogens (tertiary/aromatic N) is 3. The van der Waals surface area contributed by atoms with Crippen LogP contribution in [0, 0.1) is 6.92 Å². The third-order valence-corrected chi connectivity index (χ3v) is 5.26. The SMILES string of the molecule is CCN(CC)c1ccc(Nc2ccc(C(=O)N3CCCCC3)cn2)c(C)c1. The summed E-state index contributed by atoms with van der Waals surface area (Å²) in [5.74, 6) is 0.845. The van der Waals surface area contributed by atoms with E-state index in [1.54, 1.807) is 6.20 Å². The number of nitrogens with one attached hydrogen (secondary N) is 1. The van der Waals surface area contributed by atoms with Crippen LogP contribution >= 0.6 is 0 Å². The van der Waals surface area contributed by atoms with Gasteiger partial charge in [-0.25, -0.2) is 4.98 Å². The number of hydrogen-bond donors (Lipinski definition) is 1. The number of rotatable bonds is 6. The van der Waals surface area contributed by atoms with E-state index in [0.717, 1.165) is 50.5 Å². The van der Waals surface area contributed by atoms with Crippen molar-refractivity contribution >= 4 is 23.1 Å². The van der Waals surface area contributed by atoms with Gasteiger partial charge in [0.1, 0.15) is 5.82 Å². The fourth-order valence-electron chi connectivity index (χ4n) is 3.59. The molecule has 1 fully saturated rings. The molecule has 27 heavy (non-hydrogen) atoms. The number of pyridine rings is 1. The van der Waals surface area contributed by atoms with E-state index in [1.807, 2.05) is 17.0 Å². The smallest absolute Gasteiger partial charge is 0.255 e. The predicted molar refractivity (Wildman–Crippen MR) is 112 cm³/mol. The van der Waals surface area contributed by atoms with Gasteiger partial charge in [0.15, 0.2) is 0 Å². The van der Waals surface area contributed by atoms with Crippen LogP contribution in [0.3, 0.4) is 0 Å². The molecule has 1 aliphatic heterocycles. The van der Waals surface area contributed by atoms with Gasteiger partial charge in [-0.05, 0) is 75.9 Å². The molecule has 0 saturated carbocycles. The molecule has 2 aromatic rings. The van der Waals surface area contributed by atoms with Gasteiger partial charge in [-0.1, -0.05) is 0 Å².